The summed E-state index contributed by atoms with van der Waals surface area (Å²) in [6.45, 7) is 2.39. The monoisotopic (exact) mass is 170 g/mol. The van der Waals surface area contributed by atoms with E-state index < -0.39 is 0 Å². The number of likely N-dealkylation sites (tertiary alicyclic amines) is 1. The maximum atomic E-state index is 9.09. The molecule has 0 amide bonds. The molecule has 0 radical (unpaired) electrons. The van der Waals surface area contributed by atoms with Crippen molar-refractivity contribution in [2.45, 2.75) is 37.5 Å². The predicted molar refractivity (Wildman–Crippen MR) is 48.1 cm³/mol. The standard InChI is InChI=1S/C9H18N2O/c1-11-3-2-7(6-11)10-8-4-9(12)5-8/h7-10,12H,2-6H2,1H3/t7-,8?,9?/m1/s1. The Morgan fingerprint density at radius 2 is 2.08 bits per heavy atom. The molecule has 1 aliphatic carbocycles. The molecular formula is C9H18N2O. The molecule has 0 aromatic carbocycles. The van der Waals surface area contributed by atoms with Crippen molar-refractivity contribution >= 4 is 0 Å². The molecule has 2 N–H and O–H groups in total. The van der Waals surface area contributed by atoms with Gasteiger partial charge in [0.05, 0.1) is 6.10 Å². The third-order valence-corrected chi connectivity index (χ3v) is 2.98. The van der Waals surface area contributed by atoms with E-state index in [-0.39, 0.29) is 6.10 Å². The minimum Gasteiger partial charge on any atom is -0.393 e. The van der Waals surface area contributed by atoms with Gasteiger partial charge in [-0.2, -0.15) is 0 Å². The van der Waals surface area contributed by atoms with Crippen molar-refractivity contribution in [3.05, 3.63) is 0 Å². The zero-order chi connectivity index (χ0) is 8.55. The Morgan fingerprint density at radius 1 is 1.33 bits per heavy atom. The normalized spacial score (nSPS) is 43.0. The Balaban J connectivity index is 1.67. The molecule has 3 heteroatoms. The molecule has 3 nitrogen and oxygen atoms in total. The maximum Gasteiger partial charge on any atom is 0.0570 e. The number of nitrogens with one attached hydrogen (secondary N) is 1. The third-order valence-electron chi connectivity index (χ3n) is 2.98. The highest BCUT2D eigenvalue weighted by atomic mass is 16.3. The van der Waals surface area contributed by atoms with E-state index >= 15 is 0 Å². The fourth-order valence-corrected chi connectivity index (χ4v) is 2.13. The van der Waals surface area contributed by atoms with E-state index in [1.165, 1.54) is 19.5 Å². The first kappa shape index (κ1) is 8.48. The third kappa shape index (κ3) is 1.79. The highest BCUT2D eigenvalue weighted by Crippen LogP contribution is 2.21. The van der Waals surface area contributed by atoms with Gasteiger partial charge >= 0.3 is 0 Å². The van der Waals surface area contributed by atoms with Crippen LogP contribution in [0.15, 0.2) is 0 Å². The van der Waals surface area contributed by atoms with Crippen LogP contribution in [0.25, 0.3) is 0 Å². The molecule has 2 aliphatic rings. The van der Waals surface area contributed by atoms with Gasteiger partial charge in [0, 0.05) is 18.6 Å². The zero-order valence-corrected chi connectivity index (χ0v) is 7.66. The number of rotatable bonds is 2. The first-order valence-electron chi connectivity index (χ1n) is 4.86. The number of hydrogen-bond acceptors (Lipinski definition) is 3. The van der Waals surface area contributed by atoms with Gasteiger partial charge in [-0.3, -0.25) is 0 Å². The van der Waals surface area contributed by atoms with Crippen molar-refractivity contribution in [2.75, 3.05) is 20.1 Å². The van der Waals surface area contributed by atoms with Crippen molar-refractivity contribution in [3.63, 3.8) is 0 Å². The summed E-state index contributed by atoms with van der Waals surface area (Å²) < 4.78 is 0. The second kappa shape index (κ2) is 3.32. The zero-order valence-electron chi connectivity index (χ0n) is 7.66. The van der Waals surface area contributed by atoms with Crippen molar-refractivity contribution in [1.29, 1.82) is 0 Å². The second-order valence-corrected chi connectivity index (χ2v) is 4.24. The number of aliphatic hydroxyl groups excluding tert-OH is 1. The van der Waals surface area contributed by atoms with Crippen LogP contribution in [0, 0.1) is 0 Å². The van der Waals surface area contributed by atoms with E-state index in [9.17, 15) is 0 Å². The minimum atomic E-state index is -0.0263. The molecular weight excluding hydrogens is 152 g/mol. The lowest BCUT2D eigenvalue weighted by atomic mass is 9.89. The first-order valence-corrected chi connectivity index (χ1v) is 4.86. The second-order valence-electron chi connectivity index (χ2n) is 4.24. The van der Waals surface area contributed by atoms with Gasteiger partial charge in [0.2, 0.25) is 0 Å². The lowest BCUT2D eigenvalue weighted by Gasteiger charge is -2.34. The smallest absolute Gasteiger partial charge is 0.0570 e. The molecule has 0 bridgehead atoms. The Hall–Kier alpha value is -0.120. The van der Waals surface area contributed by atoms with E-state index in [1.807, 2.05) is 0 Å². The molecule has 2 fully saturated rings. The predicted octanol–water partition coefficient (Wildman–Crippen LogP) is -0.197. The van der Waals surface area contributed by atoms with Crippen LogP contribution in [-0.2, 0) is 0 Å². The van der Waals surface area contributed by atoms with Crippen molar-refractivity contribution in [2.24, 2.45) is 0 Å². The maximum absolute atomic E-state index is 9.09. The van der Waals surface area contributed by atoms with Gasteiger partial charge in [0.25, 0.3) is 0 Å². The van der Waals surface area contributed by atoms with Crippen LogP contribution < -0.4 is 5.32 Å². The number of aliphatic hydroxyl groups is 1. The van der Waals surface area contributed by atoms with Crippen LogP contribution in [0.2, 0.25) is 0 Å². The summed E-state index contributed by atoms with van der Waals surface area (Å²) in [6.07, 6.45) is 3.16. The Morgan fingerprint density at radius 3 is 2.58 bits per heavy atom. The van der Waals surface area contributed by atoms with Gasteiger partial charge in [-0.15, -0.1) is 0 Å². The van der Waals surface area contributed by atoms with E-state index in [0.29, 0.717) is 12.1 Å². The Labute approximate surface area is 73.8 Å². The molecule has 1 saturated carbocycles. The van der Waals surface area contributed by atoms with Crippen LogP contribution in [-0.4, -0.2) is 48.3 Å². The van der Waals surface area contributed by atoms with Crippen LogP contribution in [0.3, 0.4) is 0 Å². The van der Waals surface area contributed by atoms with E-state index in [1.54, 1.807) is 0 Å². The first-order chi connectivity index (χ1) is 5.74. The molecule has 12 heavy (non-hydrogen) atoms. The van der Waals surface area contributed by atoms with Crippen LogP contribution >= 0.6 is 0 Å². The summed E-state index contributed by atoms with van der Waals surface area (Å²) >= 11 is 0. The summed E-state index contributed by atoms with van der Waals surface area (Å²) in [5, 5.41) is 12.7. The fourth-order valence-electron chi connectivity index (χ4n) is 2.13. The van der Waals surface area contributed by atoms with Crippen LogP contribution in [0.4, 0.5) is 0 Å². The lowest BCUT2D eigenvalue weighted by Crippen LogP contribution is -2.49. The Bertz CT molecular complexity index is 157. The SMILES string of the molecule is CN1CC[C@@H](NC2CC(O)C2)C1. The van der Waals surface area contributed by atoms with E-state index in [0.717, 1.165) is 12.8 Å². The summed E-state index contributed by atoms with van der Waals surface area (Å²) in [7, 11) is 2.16. The van der Waals surface area contributed by atoms with E-state index in [4.69, 9.17) is 5.11 Å². The summed E-state index contributed by atoms with van der Waals surface area (Å²) in [5.41, 5.74) is 0. The summed E-state index contributed by atoms with van der Waals surface area (Å²) in [6, 6.07) is 1.27. The van der Waals surface area contributed by atoms with E-state index in [2.05, 4.69) is 17.3 Å². The van der Waals surface area contributed by atoms with Crippen molar-refractivity contribution < 1.29 is 5.11 Å². The van der Waals surface area contributed by atoms with Crippen LogP contribution in [0.5, 0.6) is 0 Å². The molecule has 0 aromatic rings. The van der Waals surface area contributed by atoms with Gasteiger partial charge in [-0.1, -0.05) is 0 Å². The quantitative estimate of drug-likeness (QED) is 0.602. The average molecular weight is 170 g/mol. The Kier molecular flexibility index (Phi) is 2.35. The summed E-state index contributed by atoms with van der Waals surface area (Å²) in [4.78, 5) is 2.35. The highest BCUT2D eigenvalue weighted by Gasteiger charge is 2.30. The van der Waals surface area contributed by atoms with Gasteiger partial charge < -0.3 is 15.3 Å². The summed E-state index contributed by atoms with van der Waals surface area (Å²) in [5.74, 6) is 0. The average Bonchev–Trinajstić information content (AvgIpc) is 2.33. The largest absolute Gasteiger partial charge is 0.393 e. The topological polar surface area (TPSA) is 35.5 Å². The molecule has 70 valence electrons. The van der Waals surface area contributed by atoms with Gasteiger partial charge in [0.15, 0.2) is 0 Å². The van der Waals surface area contributed by atoms with Crippen molar-refractivity contribution in [1.82, 2.24) is 10.2 Å². The molecule has 0 spiro atoms. The molecule has 1 saturated heterocycles. The lowest BCUT2D eigenvalue weighted by molar-refractivity contribution is 0.0582. The van der Waals surface area contributed by atoms with Crippen LogP contribution in [0.1, 0.15) is 19.3 Å². The molecule has 1 aliphatic heterocycles. The minimum absolute atomic E-state index is 0.0263. The fraction of sp³-hybridized carbons (Fsp3) is 1.00. The van der Waals surface area contributed by atoms with Crippen molar-refractivity contribution in [3.8, 4) is 0 Å². The molecule has 1 heterocycles. The van der Waals surface area contributed by atoms with Gasteiger partial charge in [0.1, 0.15) is 0 Å². The molecule has 2 rings (SSSR count). The molecule has 0 aromatic heterocycles. The van der Waals surface area contributed by atoms with Gasteiger partial charge in [-0.25, -0.2) is 0 Å². The number of hydrogen-bond donors (Lipinski definition) is 2. The van der Waals surface area contributed by atoms with Gasteiger partial charge in [-0.05, 0) is 32.9 Å². The molecule has 1 atom stereocenters. The number of likely N-dealkylation sites (N-methyl/N-ethyl adjacent to an activating group) is 1. The number of nitrogens with zero attached hydrogens (tertiary/aromatic N) is 1. The highest BCUT2D eigenvalue weighted by molar-refractivity contribution is 4.89. The molecule has 0 unspecified atom stereocenters.